The van der Waals surface area contributed by atoms with Gasteiger partial charge in [0.2, 0.25) is 6.73 Å². The molecular formula is C4H8NO3+. The summed E-state index contributed by atoms with van der Waals surface area (Å²) in [5, 5.41) is 8.69. The fourth-order valence-electron chi connectivity index (χ4n) is 0.459. The van der Waals surface area contributed by atoms with E-state index in [1.54, 1.807) is 7.05 Å². The maximum absolute atomic E-state index is 10.1. The maximum atomic E-state index is 10.1. The number of hydrogen-bond acceptors (Lipinski definition) is 3. The number of ether oxygens (including phenoxy) is 1. The summed E-state index contributed by atoms with van der Waals surface area (Å²) in [5.74, 6) is 0. The number of nitrogens with zero attached hydrogens (tertiary/aromatic N) is 1. The van der Waals surface area contributed by atoms with Gasteiger partial charge in [0.05, 0.1) is 7.05 Å². The third kappa shape index (κ3) is 0.543. The fourth-order valence-corrected chi connectivity index (χ4v) is 0.459. The van der Waals surface area contributed by atoms with Crippen molar-refractivity contribution < 1.29 is 19.1 Å². The van der Waals surface area contributed by atoms with Gasteiger partial charge in [0.15, 0.2) is 0 Å². The summed E-state index contributed by atoms with van der Waals surface area (Å²) in [6, 6.07) is 0. The van der Waals surface area contributed by atoms with Crippen LogP contribution in [0.15, 0.2) is 0 Å². The molecule has 0 unspecified atom stereocenters. The molecule has 0 bridgehead atoms. The number of rotatable bonds is 1. The lowest BCUT2D eigenvalue weighted by Gasteiger charge is -2.38. The van der Waals surface area contributed by atoms with Gasteiger partial charge in [0.25, 0.3) is 0 Å². The molecule has 0 radical (unpaired) electrons. The normalized spacial score (nSPS) is 45.5. The van der Waals surface area contributed by atoms with Crippen LogP contribution in [-0.2, 0) is 9.53 Å². The molecule has 1 fully saturated rings. The minimum Gasteiger partial charge on any atom is -0.321 e. The third-order valence-corrected chi connectivity index (χ3v) is 1.25. The van der Waals surface area contributed by atoms with Crippen molar-refractivity contribution in [2.24, 2.45) is 0 Å². The molecule has 1 heterocycles. The zero-order chi connectivity index (χ0) is 6.20. The smallest absolute Gasteiger partial charge is 0.319 e. The SMILES string of the molecule is C[N@@+]1(C=O)CO[C@H]1O. The molecule has 0 aromatic carbocycles. The standard InChI is InChI=1S/C4H8NO3/c1-5(2-6)3-8-4(5)7/h2,4,7H,3H2,1H3/q+1/t4-,5-/m1/s1. The number of amides is 1. The van der Waals surface area contributed by atoms with E-state index in [0.717, 1.165) is 0 Å². The Labute approximate surface area is 46.9 Å². The van der Waals surface area contributed by atoms with E-state index in [0.29, 0.717) is 6.41 Å². The molecule has 1 aliphatic heterocycles. The van der Waals surface area contributed by atoms with Crippen molar-refractivity contribution >= 4 is 6.41 Å². The van der Waals surface area contributed by atoms with E-state index in [-0.39, 0.29) is 11.2 Å². The molecule has 1 aliphatic rings. The predicted molar refractivity (Wildman–Crippen MR) is 24.2 cm³/mol. The van der Waals surface area contributed by atoms with Crippen LogP contribution in [0.1, 0.15) is 0 Å². The van der Waals surface area contributed by atoms with Crippen molar-refractivity contribution in [1.82, 2.24) is 0 Å². The van der Waals surface area contributed by atoms with Crippen molar-refractivity contribution in [3.05, 3.63) is 0 Å². The monoisotopic (exact) mass is 118 g/mol. The van der Waals surface area contributed by atoms with E-state index in [1.165, 1.54) is 0 Å². The van der Waals surface area contributed by atoms with Gasteiger partial charge in [-0.3, -0.25) is 4.74 Å². The molecule has 0 aromatic heterocycles. The number of carbonyl (C=O) groups is 1. The lowest BCUT2D eigenvalue weighted by Crippen LogP contribution is -2.63. The van der Waals surface area contributed by atoms with E-state index in [1.807, 2.05) is 0 Å². The first-order valence-electron chi connectivity index (χ1n) is 2.30. The topological polar surface area (TPSA) is 46.5 Å². The molecule has 1 saturated heterocycles. The summed E-state index contributed by atoms with van der Waals surface area (Å²) in [5.41, 5.74) is 0. The lowest BCUT2D eigenvalue weighted by atomic mass is 10.6. The Bertz CT molecular complexity index is 116. The number of aliphatic hydroxyl groups is 1. The first-order chi connectivity index (χ1) is 3.69. The number of quaternary nitrogens is 1. The minimum absolute atomic E-state index is 0.0417. The second kappa shape index (κ2) is 1.51. The Hall–Kier alpha value is -0.450. The summed E-state index contributed by atoms with van der Waals surface area (Å²) in [6.07, 6.45) is -0.277. The van der Waals surface area contributed by atoms with Crippen molar-refractivity contribution in [3.8, 4) is 0 Å². The average Bonchev–Trinajstić information content (AvgIpc) is 1.83. The van der Waals surface area contributed by atoms with Crippen molar-refractivity contribution in [1.29, 1.82) is 0 Å². The molecule has 0 aliphatic carbocycles. The first-order valence-corrected chi connectivity index (χ1v) is 2.30. The summed E-state index contributed by atoms with van der Waals surface area (Å²) >= 11 is 0. The highest BCUT2D eigenvalue weighted by molar-refractivity contribution is 5.37. The summed E-state index contributed by atoms with van der Waals surface area (Å²) < 4.78 is 4.49. The van der Waals surface area contributed by atoms with Gasteiger partial charge in [-0.2, -0.15) is 4.48 Å². The van der Waals surface area contributed by atoms with Crippen molar-refractivity contribution in [2.75, 3.05) is 13.8 Å². The van der Waals surface area contributed by atoms with Crippen LogP contribution in [0.4, 0.5) is 0 Å². The third-order valence-electron chi connectivity index (χ3n) is 1.25. The fraction of sp³-hybridized carbons (Fsp3) is 0.750. The molecule has 1 rings (SSSR count). The van der Waals surface area contributed by atoms with E-state index in [2.05, 4.69) is 4.74 Å². The van der Waals surface area contributed by atoms with Crippen LogP contribution in [-0.4, -0.2) is 36.2 Å². The van der Waals surface area contributed by atoms with Gasteiger partial charge in [0.1, 0.15) is 0 Å². The molecular weight excluding hydrogens is 110 g/mol. The summed E-state index contributed by atoms with van der Waals surface area (Å²) in [7, 11) is 1.60. The Balaban J connectivity index is 2.54. The molecule has 0 spiro atoms. The first kappa shape index (κ1) is 5.68. The van der Waals surface area contributed by atoms with Gasteiger partial charge in [-0.15, -0.1) is 0 Å². The molecule has 4 heteroatoms. The van der Waals surface area contributed by atoms with Gasteiger partial charge in [-0.05, 0) is 0 Å². The average molecular weight is 118 g/mol. The van der Waals surface area contributed by atoms with E-state index < -0.39 is 6.41 Å². The van der Waals surface area contributed by atoms with Gasteiger partial charge in [0, 0.05) is 0 Å². The van der Waals surface area contributed by atoms with Gasteiger partial charge in [-0.25, -0.2) is 4.79 Å². The van der Waals surface area contributed by atoms with Crippen LogP contribution in [0.2, 0.25) is 0 Å². The summed E-state index contributed by atoms with van der Waals surface area (Å²) in [4.78, 5) is 10.1. The Morgan fingerprint density at radius 1 is 2.00 bits per heavy atom. The highest BCUT2D eigenvalue weighted by Gasteiger charge is 2.42. The zero-order valence-electron chi connectivity index (χ0n) is 4.57. The molecule has 8 heavy (non-hydrogen) atoms. The predicted octanol–water partition coefficient (Wildman–Crippen LogP) is -1.15. The molecule has 0 saturated carbocycles. The molecule has 0 aromatic rings. The molecule has 1 N–H and O–H groups in total. The van der Waals surface area contributed by atoms with Crippen molar-refractivity contribution in [3.63, 3.8) is 0 Å². The zero-order valence-corrected chi connectivity index (χ0v) is 4.57. The van der Waals surface area contributed by atoms with E-state index >= 15 is 0 Å². The highest BCUT2D eigenvalue weighted by Crippen LogP contribution is 2.16. The molecule has 4 nitrogen and oxygen atoms in total. The lowest BCUT2D eigenvalue weighted by molar-refractivity contribution is -0.994. The van der Waals surface area contributed by atoms with E-state index in [9.17, 15) is 4.79 Å². The Morgan fingerprint density at radius 2 is 2.62 bits per heavy atom. The quantitative estimate of drug-likeness (QED) is 0.349. The van der Waals surface area contributed by atoms with Crippen LogP contribution in [0.5, 0.6) is 0 Å². The van der Waals surface area contributed by atoms with Gasteiger partial charge < -0.3 is 5.11 Å². The van der Waals surface area contributed by atoms with Crippen LogP contribution < -0.4 is 0 Å². The van der Waals surface area contributed by atoms with Crippen LogP contribution in [0, 0.1) is 0 Å². The maximum Gasteiger partial charge on any atom is 0.319 e. The van der Waals surface area contributed by atoms with Crippen LogP contribution in [0.3, 0.4) is 0 Å². The largest absolute Gasteiger partial charge is 0.321 e. The van der Waals surface area contributed by atoms with E-state index in [4.69, 9.17) is 5.11 Å². The molecule has 2 atom stereocenters. The second-order valence-corrected chi connectivity index (χ2v) is 2.07. The minimum atomic E-state index is -0.938. The Kier molecular flexibility index (Phi) is 1.07. The Morgan fingerprint density at radius 3 is 2.62 bits per heavy atom. The summed E-state index contributed by atoms with van der Waals surface area (Å²) in [6.45, 7) is 0.282. The van der Waals surface area contributed by atoms with Gasteiger partial charge in [-0.1, -0.05) is 0 Å². The van der Waals surface area contributed by atoms with Crippen molar-refractivity contribution in [2.45, 2.75) is 6.41 Å². The molecule has 1 amide bonds. The number of hydrogen-bond donors (Lipinski definition) is 1. The molecule has 46 valence electrons. The number of aliphatic hydroxyl groups excluding tert-OH is 1. The van der Waals surface area contributed by atoms with Crippen LogP contribution >= 0.6 is 0 Å². The number of carbonyl (C=O) groups excluding carboxylic acids is 1. The van der Waals surface area contributed by atoms with Gasteiger partial charge >= 0.3 is 12.8 Å². The second-order valence-electron chi connectivity index (χ2n) is 2.07. The van der Waals surface area contributed by atoms with Crippen LogP contribution in [0.25, 0.3) is 0 Å². The highest BCUT2D eigenvalue weighted by atomic mass is 16.7.